The molecule has 1 aromatic heterocycles. The molecule has 1 amide bonds. The van der Waals surface area contributed by atoms with E-state index in [0.29, 0.717) is 6.42 Å². The fourth-order valence-electron chi connectivity index (χ4n) is 2.64. The lowest BCUT2D eigenvalue weighted by molar-refractivity contribution is -0.118. The molecule has 1 heterocycles. The number of benzene rings is 2. The highest BCUT2D eigenvalue weighted by Gasteiger charge is 2.13. The van der Waals surface area contributed by atoms with Crippen LogP contribution in [0.5, 0.6) is 0 Å². The SMILES string of the molecule is CN(C(=O)CCCSc1ccc(F)cc1)c1cccc2cnccc12. The number of hydrogen-bond donors (Lipinski definition) is 0. The van der Waals surface area contributed by atoms with Crippen LogP contribution in [0.25, 0.3) is 10.8 Å². The Morgan fingerprint density at radius 3 is 2.76 bits per heavy atom. The van der Waals surface area contributed by atoms with Gasteiger partial charge >= 0.3 is 0 Å². The van der Waals surface area contributed by atoms with Crippen molar-refractivity contribution in [3.63, 3.8) is 0 Å². The van der Waals surface area contributed by atoms with E-state index in [1.807, 2.05) is 31.3 Å². The van der Waals surface area contributed by atoms with Crippen LogP contribution in [-0.2, 0) is 4.79 Å². The minimum atomic E-state index is -0.230. The number of rotatable bonds is 6. The van der Waals surface area contributed by atoms with Crippen LogP contribution < -0.4 is 4.90 Å². The summed E-state index contributed by atoms with van der Waals surface area (Å²) < 4.78 is 12.9. The molecular formula is C20H19FN2OS. The molecule has 0 radical (unpaired) electrons. The fraction of sp³-hybridized carbons (Fsp3) is 0.200. The number of fused-ring (bicyclic) bond motifs is 1. The standard InChI is InChI=1S/C20H19FN2OS/c1-23(19-5-2-4-15-14-22-12-11-18(15)19)20(24)6-3-13-25-17-9-7-16(21)8-10-17/h2,4-5,7-12,14H,3,6,13H2,1H3. The van der Waals surface area contributed by atoms with Gasteiger partial charge < -0.3 is 4.90 Å². The number of amides is 1. The largest absolute Gasteiger partial charge is 0.315 e. The maximum absolute atomic E-state index is 12.9. The summed E-state index contributed by atoms with van der Waals surface area (Å²) in [5, 5.41) is 2.04. The second-order valence-electron chi connectivity index (χ2n) is 5.73. The van der Waals surface area contributed by atoms with Crippen LogP contribution in [-0.4, -0.2) is 23.7 Å². The molecule has 0 saturated heterocycles. The lowest BCUT2D eigenvalue weighted by Crippen LogP contribution is -2.26. The molecule has 0 atom stereocenters. The second-order valence-corrected chi connectivity index (χ2v) is 6.90. The first-order valence-electron chi connectivity index (χ1n) is 8.13. The number of nitrogens with zero attached hydrogens (tertiary/aromatic N) is 2. The van der Waals surface area contributed by atoms with Gasteiger partial charge in [-0.3, -0.25) is 9.78 Å². The number of hydrogen-bond acceptors (Lipinski definition) is 3. The Morgan fingerprint density at radius 1 is 1.16 bits per heavy atom. The smallest absolute Gasteiger partial charge is 0.226 e. The molecular weight excluding hydrogens is 335 g/mol. The number of thioether (sulfide) groups is 1. The molecule has 0 unspecified atom stereocenters. The third-order valence-electron chi connectivity index (χ3n) is 4.01. The van der Waals surface area contributed by atoms with Gasteiger partial charge in [0.1, 0.15) is 5.82 Å². The van der Waals surface area contributed by atoms with Crippen LogP contribution >= 0.6 is 11.8 Å². The lowest BCUT2D eigenvalue weighted by Gasteiger charge is -2.19. The van der Waals surface area contributed by atoms with Crippen LogP contribution in [0.15, 0.2) is 65.8 Å². The number of carbonyl (C=O) groups is 1. The summed E-state index contributed by atoms with van der Waals surface area (Å²) in [5.41, 5.74) is 0.899. The first-order chi connectivity index (χ1) is 12.1. The average Bonchev–Trinajstić information content (AvgIpc) is 2.65. The zero-order valence-electron chi connectivity index (χ0n) is 14.0. The second kappa shape index (κ2) is 8.12. The van der Waals surface area contributed by atoms with Crippen molar-refractivity contribution in [2.45, 2.75) is 17.7 Å². The van der Waals surface area contributed by atoms with Crippen molar-refractivity contribution in [1.29, 1.82) is 0 Å². The van der Waals surface area contributed by atoms with Crippen LogP contribution in [0.1, 0.15) is 12.8 Å². The van der Waals surface area contributed by atoms with Crippen molar-refractivity contribution < 1.29 is 9.18 Å². The summed E-state index contributed by atoms with van der Waals surface area (Å²) in [4.78, 5) is 19.3. The van der Waals surface area contributed by atoms with E-state index in [4.69, 9.17) is 0 Å². The average molecular weight is 354 g/mol. The molecule has 0 aliphatic carbocycles. The molecule has 0 saturated carbocycles. The van der Waals surface area contributed by atoms with E-state index in [1.165, 1.54) is 12.1 Å². The first kappa shape index (κ1) is 17.4. The maximum Gasteiger partial charge on any atom is 0.226 e. The molecule has 5 heteroatoms. The molecule has 0 spiro atoms. The number of aromatic nitrogens is 1. The number of pyridine rings is 1. The highest BCUT2D eigenvalue weighted by atomic mass is 32.2. The Bertz CT molecular complexity index is 862. The van der Waals surface area contributed by atoms with Gasteiger partial charge in [0, 0.05) is 41.5 Å². The van der Waals surface area contributed by atoms with E-state index in [-0.39, 0.29) is 11.7 Å². The third-order valence-corrected chi connectivity index (χ3v) is 5.11. The van der Waals surface area contributed by atoms with E-state index >= 15 is 0 Å². The Morgan fingerprint density at radius 2 is 1.96 bits per heavy atom. The van der Waals surface area contributed by atoms with Gasteiger partial charge in [0.2, 0.25) is 5.91 Å². The normalized spacial score (nSPS) is 10.8. The van der Waals surface area contributed by atoms with Crippen molar-refractivity contribution in [2.24, 2.45) is 0 Å². The highest BCUT2D eigenvalue weighted by molar-refractivity contribution is 7.99. The molecule has 3 nitrogen and oxygen atoms in total. The molecule has 3 rings (SSSR count). The summed E-state index contributed by atoms with van der Waals surface area (Å²) in [6.07, 6.45) is 4.80. The van der Waals surface area contributed by atoms with Crippen LogP contribution in [0, 0.1) is 5.82 Å². The summed E-state index contributed by atoms with van der Waals surface area (Å²) >= 11 is 1.64. The molecule has 0 bridgehead atoms. The van der Waals surface area contributed by atoms with E-state index in [0.717, 1.165) is 33.5 Å². The van der Waals surface area contributed by atoms with Gasteiger partial charge in [0.15, 0.2) is 0 Å². The topological polar surface area (TPSA) is 33.2 Å². The van der Waals surface area contributed by atoms with Crippen LogP contribution in [0.2, 0.25) is 0 Å². The molecule has 0 aliphatic heterocycles. The van der Waals surface area contributed by atoms with Crippen molar-refractivity contribution in [2.75, 3.05) is 17.7 Å². The van der Waals surface area contributed by atoms with Gasteiger partial charge in [-0.15, -0.1) is 11.8 Å². The van der Waals surface area contributed by atoms with E-state index in [9.17, 15) is 9.18 Å². The van der Waals surface area contributed by atoms with Crippen LogP contribution in [0.4, 0.5) is 10.1 Å². The third kappa shape index (κ3) is 4.37. The number of anilines is 1. The minimum Gasteiger partial charge on any atom is -0.315 e. The fourth-order valence-corrected chi connectivity index (χ4v) is 3.50. The van der Waals surface area contributed by atoms with Crippen molar-refractivity contribution >= 4 is 34.1 Å². The zero-order chi connectivity index (χ0) is 17.6. The zero-order valence-corrected chi connectivity index (χ0v) is 14.8. The van der Waals surface area contributed by atoms with Gasteiger partial charge in [0.25, 0.3) is 0 Å². The van der Waals surface area contributed by atoms with Gasteiger partial charge in [-0.25, -0.2) is 4.39 Å². The number of carbonyl (C=O) groups excluding carboxylic acids is 1. The summed E-state index contributed by atoms with van der Waals surface area (Å²) in [6.45, 7) is 0. The van der Waals surface area contributed by atoms with Gasteiger partial charge in [-0.1, -0.05) is 12.1 Å². The van der Waals surface area contributed by atoms with Crippen LogP contribution in [0.3, 0.4) is 0 Å². The summed E-state index contributed by atoms with van der Waals surface area (Å²) in [6, 6.07) is 14.2. The Hall–Kier alpha value is -2.40. The summed E-state index contributed by atoms with van der Waals surface area (Å²) in [7, 11) is 1.81. The predicted octanol–water partition coefficient (Wildman–Crippen LogP) is 4.91. The molecule has 0 fully saturated rings. The maximum atomic E-state index is 12.9. The Balaban J connectivity index is 1.56. The van der Waals surface area contributed by atoms with Gasteiger partial charge in [-0.2, -0.15) is 0 Å². The van der Waals surface area contributed by atoms with Crippen molar-refractivity contribution in [1.82, 2.24) is 4.98 Å². The molecule has 128 valence electrons. The van der Waals surface area contributed by atoms with Gasteiger partial charge in [-0.05, 0) is 48.6 Å². The minimum absolute atomic E-state index is 0.0871. The molecule has 3 aromatic rings. The van der Waals surface area contributed by atoms with E-state index in [1.54, 1.807) is 41.2 Å². The predicted molar refractivity (Wildman–Crippen MR) is 102 cm³/mol. The molecule has 25 heavy (non-hydrogen) atoms. The van der Waals surface area contributed by atoms with Gasteiger partial charge in [0.05, 0.1) is 5.69 Å². The highest BCUT2D eigenvalue weighted by Crippen LogP contribution is 2.26. The Kier molecular flexibility index (Phi) is 5.66. The summed E-state index contributed by atoms with van der Waals surface area (Å²) in [5.74, 6) is 0.681. The van der Waals surface area contributed by atoms with E-state index in [2.05, 4.69) is 4.98 Å². The molecule has 2 aromatic carbocycles. The van der Waals surface area contributed by atoms with Crippen molar-refractivity contribution in [3.05, 3.63) is 66.7 Å². The molecule has 0 aliphatic rings. The Labute approximate surface area is 150 Å². The number of halogens is 1. The first-order valence-corrected chi connectivity index (χ1v) is 9.11. The quantitative estimate of drug-likeness (QED) is 0.466. The molecule has 0 N–H and O–H groups in total. The monoisotopic (exact) mass is 354 g/mol. The van der Waals surface area contributed by atoms with Crippen molar-refractivity contribution in [3.8, 4) is 0 Å². The lowest BCUT2D eigenvalue weighted by atomic mass is 10.1. The van der Waals surface area contributed by atoms with E-state index < -0.39 is 0 Å².